The molecule has 2 atom stereocenters. The fourth-order valence-electron chi connectivity index (χ4n) is 2.85. The van der Waals surface area contributed by atoms with Crippen molar-refractivity contribution in [1.82, 2.24) is 5.32 Å². The highest BCUT2D eigenvalue weighted by Crippen LogP contribution is 2.38. The van der Waals surface area contributed by atoms with Crippen molar-refractivity contribution in [2.45, 2.75) is 50.5 Å². The molecular weight excluding hydrogens is 252 g/mol. The second kappa shape index (κ2) is 6.11. The quantitative estimate of drug-likeness (QED) is 0.852. The minimum atomic E-state index is -2.43. The molecule has 0 aromatic carbocycles. The van der Waals surface area contributed by atoms with Gasteiger partial charge in [0.25, 0.3) is 0 Å². The molecule has 0 radical (unpaired) electrons. The Morgan fingerprint density at radius 1 is 1.56 bits per heavy atom. The summed E-state index contributed by atoms with van der Waals surface area (Å²) in [5.41, 5.74) is 0. The Bertz CT molecular complexity index is 351. The second-order valence-electron chi connectivity index (χ2n) is 5.32. The van der Waals surface area contributed by atoms with Gasteiger partial charge in [0, 0.05) is 23.8 Å². The number of rotatable bonds is 5. The van der Waals surface area contributed by atoms with Crippen molar-refractivity contribution in [2.24, 2.45) is 5.92 Å². The third-order valence-corrected chi connectivity index (χ3v) is 4.69. The van der Waals surface area contributed by atoms with Gasteiger partial charge in [0.2, 0.25) is 5.92 Å². The Hall–Kier alpha value is -0.480. The first-order chi connectivity index (χ1) is 8.59. The van der Waals surface area contributed by atoms with Crippen LogP contribution < -0.4 is 5.32 Å². The van der Waals surface area contributed by atoms with Gasteiger partial charge in [-0.05, 0) is 50.1 Å². The topological polar surface area (TPSA) is 12.0 Å². The normalized spacial score (nSPS) is 24.9. The fraction of sp³-hybridized carbons (Fsp3) is 0.714. The Morgan fingerprint density at radius 3 is 3.00 bits per heavy atom. The van der Waals surface area contributed by atoms with E-state index in [1.165, 1.54) is 4.88 Å². The summed E-state index contributed by atoms with van der Waals surface area (Å²) in [5.74, 6) is -2.25. The van der Waals surface area contributed by atoms with Crippen LogP contribution in [0.1, 0.15) is 37.0 Å². The summed E-state index contributed by atoms with van der Waals surface area (Å²) in [4.78, 5) is 1.33. The molecule has 0 amide bonds. The third-order valence-electron chi connectivity index (χ3n) is 3.80. The lowest BCUT2D eigenvalue weighted by molar-refractivity contribution is -0.0546. The molecule has 1 heterocycles. The van der Waals surface area contributed by atoms with Crippen molar-refractivity contribution in [3.8, 4) is 0 Å². The molecule has 0 spiro atoms. The van der Waals surface area contributed by atoms with Crippen molar-refractivity contribution >= 4 is 11.3 Å². The lowest BCUT2D eigenvalue weighted by Gasteiger charge is -2.31. The molecule has 2 unspecified atom stereocenters. The predicted octanol–water partition coefficient (Wildman–Crippen LogP) is 4.09. The van der Waals surface area contributed by atoms with E-state index in [0.29, 0.717) is 12.5 Å². The molecular formula is C14H21F2NS. The van der Waals surface area contributed by atoms with E-state index in [1.807, 2.05) is 13.1 Å². The maximum Gasteiger partial charge on any atom is 0.248 e. The molecule has 102 valence electrons. The summed E-state index contributed by atoms with van der Waals surface area (Å²) >= 11 is 1.74. The molecule has 1 N–H and O–H groups in total. The van der Waals surface area contributed by atoms with Crippen LogP contribution in [0, 0.1) is 5.92 Å². The lowest BCUT2D eigenvalue weighted by Crippen LogP contribution is -2.34. The second-order valence-corrected chi connectivity index (χ2v) is 6.36. The molecule has 4 heteroatoms. The molecule has 0 saturated heterocycles. The number of hydrogen-bond acceptors (Lipinski definition) is 2. The molecule has 1 saturated carbocycles. The summed E-state index contributed by atoms with van der Waals surface area (Å²) < 4.78 is 26.7. The van der Waals surface area contributed by atoms with Gasteiger partial charge in [0.15, 0.2) is 0 Å². The molecule has 1 aliphatic rings. The van der Waals surface area contributed by atoms with Crippen LogP contribution in [0.3, 0.4) is 0 Å². The zero-order valence-electron chi connectivity index (χ0n) is 10.8. The molecule has 1 aromatic rings. The molecule has 1 nitrogen and oxygen atoms in total. The highest BCUT2D eigenvalue weighted by molar-refractivity contribution is 7.09. The molecule has 0 bridgehead atoms. The lowest BCUT2D eigenvalue weighted by atomic mass is 9.82. The largest absolute Gasteiger partial charge is 0.317 e. The molecule has 1 aromatic heterocycles. The van der Waals surface area contributed by atoms with Crippen LogP contribution in [0.25, 0.3) is 0 Å². The van der Waals surface area contributed by atoms with E-state index in [1.54, 1.807) is 11.3 Å². The van der Waals surface area contributed by atoms with Crippen molar-refractivity contribution in [1.29, 1.82) is 0 Å². The van der Waals surface area contributed by atoms with Gasteiger partial charge in [-0.15, -0.1) is 11.3 Å². The van der Waals surface area contributed by atoms with Gasteiger partial charge in [0.05, 0.1) is 0 Å². The molecule has 2 rings (SSSR count). The summed E-state index contributed by atoms with van der Waals surface area (Å²) in [6, 6.07) is 4.48. The van der Waals surface area contributed by atoms with Gasteiger partial charge in [0.1, 0.15) is 0 Å². The van der Waals surface area contributed by atoms with Crippen LogP contribution in [0.4, 0.5) is 8.78 Å². The fourth-order valence-corrected chi connectivity index (χ4v) is 3.64. The highest BCUT2D eigenvalue weighted by Gasteiger charge is 2.36. The zero-order chi connectivity index (χ0) is 13.0. The van der Waals surface area contributed by atoms with Crippen molar-refractivity contribution in [3.63, 3.8) is 0 Å². The Morgan fingerprint density at radius 2 is 2.39 bits per heavy atom. The summed E-state index contributed by atoms with van der Waals surface area (Å²) in [7, 11) is 1.93. The minimum Gasteiger partial charge on any atom is -0.317 e. The summed E-state index contributed by atoms with van der Waals surface area (Å²) in [6.07, 6.45) is 3.61. The number of thiophene rings is 1. The van der Waals surface area contributed by atoms with Crippen LogP contribution in [-0.4, -0.2) is 19.0 Å². The van der Waals surface area contributed by atoms with Crippen LogP contribution in [0.5, 0.6) is 0 Å². The molecule has 1 aliphatic carbocycles. The standard InChI is InChI=1S/C14H21F2NS/c1-17-12(9-13-5-3-7-18-13)8-11-4-2-6-14(15,16)10-11/h3,5,7,11-12,17H,2,4,6,8-10H2,1H3. The maximum absolute atomic E-state index is 13.4. The SMILES string of the molecule is CNC(Cc1cccs1)CC1CCCC(F)(F)C1. The van der Waals surface area contributed by atoms with Gasteiger partial charge in [-0.25, -0.2) is 8.78 Å². The molecule has 18 heavy (non-hydrogen) atoms. The van der Waals surface area contributed by atoms with Crippen LogP contribution >= 0.6 is 11.3 Å². The zero-order valence-corrected chi connectivity index (χ0v) is 11.6. The van der Waals surface area contributed by atoms with Crippen LogP contribution in [-0.2, 0) is 6.42 Å². The van der Waals surface area contributed by atoms with Crippen LogP contribution in [0.15, 0.2) is 17.5 Å². The highest BCUT2D eigenvalue weighted by atomic mass is 32.1. The summed E-state index contributed by atoms with van der Waals surface area (Å²) in [5, 5.41) is 5.34. The van der Waals surface area contributed by atoms with E-state index in [0.717, 1.165) is 19.3 Å². The predicted molar refractivity (Wildman–Crippen MR) is 72.4 cm³/mol. The van der Waals surface area contributed by atoms with Crippen molar-refractivity contribution in [3.05, 3.63) is 22.4 Å². The monoisotopic (exact) mass is 273 g/mol. The number of hydrogen-bond donors (Lipinski definition) is 1. The maximum atomic E-state index is 13.4. The smallest absolute Gasteiger partial charge is 0.248 e. The van der Waals surface area contributed by atoms with Gasteiger partial charge >= 0.3 is 0 Å². The average Bonchev–Trinajstić information content (AvgIpc) is 2.79. The van der Waals surface area contributed by atoms with E-state index in [-0.39, 0.29) is 18.8 Å². The van der Waals surface area contributed by atoms with Gasteiger partial charge in [-0.2, -0.15) is 0 Å². The first-order valence-corrected chi connectivity index (χ1v) is 7.54. The van der Waals surface area contributed by atoms with Gasteiger partial charge in [-0.1, -0.05) is 6.07 Å². The molecule has 1 fully saturated rings. The minimum absolute atomic E-state index is 0.0790. The first kappa shape index (κ1) is 13.9. The van der Waals surface area contributed by atoms with Gasteiger partial charge < -0.3 is 5.32 Å². The number of nitrogens with one attached hydrogen (secondary N) is 1. The Balaban J connectivity index is 1.86. The Labute approximate surface area is 112 Å². The number of likely N-dealkylation sites (N-methyl/N-ethyl adjacent to an activating group) is 1. The number of halogens is 2. The van der Waals surface area contributed by atoms with E-state index < -0.39 is 5.92 Å². The van der Waals surface area contributed by atoms with E-state index in [9.17, 15) is 8.78 Å². The van der Waals surface area contributed by atoms with Crippen molar-refractivity contribution in [2.75, 3.05) is 7.05 Å². The van der Waals surface area contributed by atoms with Gasteiger partial charge in [-0.3, -0.25) is 0 Å². The first-order valence-electron chi connectivity index (χ1n) is 6.66. The Kier molecular flexibility index (Phi) is 4.73. The number of alkyl halides is 2. The average molecular weight is 273 g/mol. The molecule has 0 aliphatic heterocycles. The third kappa shape index (κ3) is 4.02. The van der Waals surface area contributed by atoms with Crippen LogP contribution in [0.2, 0.25) is 0 Å². The van der Waals surface area contributed by atoms with E-state index in [2.05, 4.69) is 16.8 Å². The summed E-state index contributed by atoms with van der Waals surface area (Å²) in [6.45, 7) is 0. The van der Waals surface area contributed by atoms with E-state index >= 15 is 0 Å². The van der Waals surface area contributed by atoms with Crippen molar-refractivity contribution < 1.29 is 8.78 Å². The van der Waals surface area contributed by atoms with E-state index in [4.69, 9.17) is 0 Å².